The van der Waals surface area contributed by atoms with Crippen LogP contribution >= 0.6 is 23.2 Å². The van der Waals surface area contributed by atoms with Crippen molar-refractivity contribution in [3.63, 3.8) is 0 Å². The van der Waals surface area contributed by atoms with Gasteiger partial charge < -0.3 is 20.1 Å². The second-order valence-electron chi connectivity index (χ2n) is 4.93. The Kier molecular flexibility index (Phi) is 6.50. The van der Waals surface area contributed by atoms with Gasteiger partial charge in [-0.1, -0.05) is 29.3 Å². The standard InChI is InChI=1S/C17H16Cl2N2O4/c1-24-14-8-15(25-2)13(7-12(14)19)21-16(22)9-20-17(23)10-4-3-5-11(18)6-10/h3-8H,9H2,1-2H3,(H,20,23)(H,21,22). The number of carbonyl (C=O) groups excluding carboxylic acids is 2. The number of hydrogen-bond donors (Lipinski definition) is 2. The number of rotatable bonds is 6. The van der Waals surface area contributed by atoms with E-state index in [1.165, 1.54) is 26.4 Å². The van der Waals surface area contributed by atoms with Crippen LogP contribution in [0, 0.1) is 0 Å². The van der Waals surface area contributed by atoms with Gasteiger partial charge in [-0.15, -0.1) is 0 Å². The summed E-state index contributed by atoms with van der Waals surface area (Å²) in [4.78, 5) is 24.1. The minimum atomic E-state index is -0.435. The lowest BCUT2D eigenvalue weighted by Gasteiger charge is -2.13. The molecule has 0 saturated carbocycles. The monoisotopic (exact) mass is 382 g/mol. The van der Waals surface area contributed by atoms with Crippen molar-refractivity contribution in [1.29, 1.82) is 0 Å². The number of halogens is 2. The summed E-state index contributed by atoms with van der Waals surface area (Å²) in [5, 5.41) is 5.90. The Balaban J connectivity index is 2.01. The van der Waals surface area contributed by atoms with Gasteiger partial charge in [-0.3, -0.25) is 9.59 Å². The van der Waals surface area contributed by atoms with Crippen molar-refractivity contribution in [3.05, 3.63) is 52.0 Å². The lowest BCUT2D eigenvalue weighted by molar-refractivity contribution is -0.115. The second kappa shape index (κ2) is 8.60. The minimum absolute atomic E-state index is 0.224. The van der Waals surface area contributed by atoms with Crippen molar-refractivity contribution in [2.45, 2.75) is 0 Å². The van der Waals surface area contributed by atoms with Gasteiger partial charge in [-0.2, -0.15) is 0 Å². The molecule has 0 aliphatic heterocycles. The molecule has 0 aliphatic carbocycles. The molecule has 2 rings (SSSR count). The van der Waals surface area contributed by atoms with Gasteiger partial charge in [0.1, 0.15) is 11.5 Å². The fourth-order valence-corrected chi connectivity index (χ4v) is 2.48. The number of amides is 2. The third kappa shape index (κ3) is 5.01. The summed E-state index contributed by atoms with van der Waals surface area (Å²) in [7, 11) is 2.93. The van der Waals surface area contributed by atoms with E-state index in [-0.39, 0.29) is 6.54 Å². The van der Waals surface area contributed by atoms with Crippen LogP contribution < -0.4 is 20.1 Å². The fourth-order valence-electron chi connectivity index (χ4n) is 2.04. The molecule has 2 aromatic rings. The molecule has 132 valence electrons. The first-order valence-corrected chi connectivity index (χ1v) is 7.95. The third-order valence-corrected chi connectivity index (χ3v) is 3.77. The van der Waals surface area contributed by atoms with Gasteiger partial charge in [0, 0.05) is 16.7 Å². The summed E-state index contributed by atoms with van der Waals surface area (Å²) in [5.41, 5.74) is 0.737. The van der Waals surface area contributed by atoms with Gasteiger partial charge in [0.25, 0.3) is 5.91 Å². The van der Waals surface area contributed by atoms with E-state index in [0.717, 1.165) is 0 Å². The molecule has 0 atom stereocenters. The SMILES string of the molecule is COc1cc(OC)c(NC(=O)CNC(=O)c2cccc(Cl)c2)cc1Cl. The predicted molar refractivity (Wildman–Crippen MR) is 97.0 cm³/mol. The van der Waals surface area contributed by atoms with E-state index >= 15 is 0 Å². The highest BCUT2D eigenvalue weighted by Gasteiger charge is 2.13. The summed E-state index contributed by atoms with van der Waals surface area (Å²) in [6.45, 7) is -0.224. The first-order valence-electron chi connectivity index (χ1n) is 7.19. The highest BCUT2D eigenvalue weighted by molar-refractivity contribution is 6.32. The first-order chi connectivity index (χ1) is 11.9. The number of hydrogen-bond acceptors (Lipinski definition) is 4. The topological polar surface area (TPSA) is 76.7 Å². The highest BCUT2D eigenvalue weighted by atomic mass is 35.5. The number of methoxy groups -OCH3 is 2. The number of ether oxygens (including phenoxy) is 2. The Labute approximate surface area is 155 Å². The molecule has 0 aliphatic rings. The van der Waals surface area contributed by atoms with Crippen LogP contribution in [0.1, 0.15) is 10.4 Å². The predicted octanol–water partition coefficient (Wildman–Crippen LogP) is 3.38. The van der Waals surface area contributed by atoms with Gasteiger partial charge in [0.05, 0.1) is 31.5 Å². The largest absolute Gasteiger partial charge is 0.495 e. The van der Waals surface area contributed by atoms with E-state index in [4.69, 9.17) is 32.7 Å². The van der Waals surface area contributed by atoms with Crippen molar-refractivity contribution in [2.24, 2.45) is 0 Å². The number of benzene rings is 2. The summed E-state index contributed by atoms with van der Waals surface area (Å²) in [6, 6.07) is 9.50. The van der Waals surface area contributed by atoms with Crippen LogP contribution in [-0.2, 0) is 4.79 Å². The summed E-state index contributed by atoms with van der Waals surface area (Å²) < 4.78 is 10.3. The molecule has 0 fully saturated rings. The fraction of sp³-hybridized carbons (Fsp3) is 0.176. The molecule has 2 amide bonds. The molecule has 2 aromatic carbocycles. The van der Waals surface area contributed by atoms with E-state index in [1.807, 2.05) is 0 Å². The molecule has 0 spiro atoms. The first kappa shape index (κ1) is 18.9. The van der Waals surface area contributed by atoms with E-state index < -0.39 is 11.8 Å². The molecule has 0 heterocycles. The summed E-state index contributed by atoms with van der Waals surface area (Å²) in [5.74, 6) is -0.0335. The Hall–Kier alpha value is -2.44. The van der Waals surface area contributed by atoms with E-state index in [0.29, 0.717) is 32.8 Å². The molecule has 8 heteroatoms. The molecule has 25 heavy (non-hydrogen) atoms. The molecule has 6 nitrogen and oxygen atoms in total. The van der Waals surface area contributed by atoms with Crippen LogP contribution in [-0.4, -0.2) is 32.6 Å². The van der Waals surface area contributed by atoms with Crippen molar-refractivity contribution >= 4 is 40.7 Å². The van der Waals surface area contributed by atoms with Crippen molar-refractivity contribution in [1.82, 2.24) is 5.32 Å². The van der Waals surface area contributed by atoms with Crippen molar-refractivity contribution < 1.29 is 19.1 Å². The summed E-state index contributed by atoms with van der Waals surface area (Å²) in [6.07, 6.45) is 0. The maximum absolute atomic E-state index is 12.1. The molecule has 0 bridgehead atoms. The van der Waals surface area contributed by atoms with Crippen LogP contribution in [0.2, 0.25) is 10.0 Å². The molecule has 0 saturated heterocycles. The zero-order chi connectivity index (χ0) is 18.4. The molecule has 0 radical (unpaired) electrons. The average Bonchev–Trinajstić information content (AvgIpc) is 2.60. The zero-order valence-electron chi connectivity index (χ0n) is 13.6. The van der Waals surface area contributed by atoms with Crippen molar-refractivity contribution in [3.8, 4) is 11.5 Å². The van der Waals surface area contributed by atoms with Crippen LogP contribution in [0.25, 0.3) is 0 Å². The number of anilines is 1. The second-order valence-corrected chi connectivity index (χ2v) is 5.77. The highest BCUT2D eigenvalue weighted by Crippen LogP contribution is 2.35. The third-order valence-electron chi connectivity index (χ3n) is 3.24. The smallest absolute Gasteiger partial charge is 0.251 e. The molecular weight excluding hydrogens is 367 g/mol. The van der Waals surface area contributed by atoms with Gasteiger partial charge >= 0.3 is 0 Å². The normalized spacial score (nSPS) is 10.1. The lowest BCUT2D eigenvalue weighted by Crippen LogP contribution is -2.32. The van der Waals surface area contributed by atoms with Gasteiger partial charge in [-0.05, 0) is 24.3 Å². The van der Waals surface area contributed by atoms with Crippen LogP contribution in [0.3, 0.4) is 0 Å². The van der Waals surface area contributed by atoms with Crippen LogP contribution in [0.15, 0.2) is 36.4 Å². The van der Waals surface area contributed by atoms with Crippen molar-refractivity contribution in [2.75, 3.05) is 26.1 Å². The van der Waals surface area contributed by atoms with Gasteiger partial charge in [-0.25, -0.2) is 0 Å². The van der Waals surface area contributed by atoms with Crippen LogP contribution in [0.4, 0.5) is 5.69 Å². The molecule has 2 N–H and O–H groups in total. The Morgan fingerprint density at radius 1 is 1.04 bits per heavy atom. The van der Waals surface area contributed by atoms with E-state index in [1.54, 1.807) is 24.3 Å². The van der Waals surface area contributed by atoms with Gasteiger partial charge in [0.2, 0.25) is 5.91 Å². The number of nitrogens with one attached hydrogen (secondary N) is 2. The summed E-state index contributed by atoms with van der Waals surface area (Å²) >= 11 is 11.9. The minimum Gasteiger partial charge on any atom is -0.495 e. The Morgan fingerprint density at radius 3 is 2.40 bits per heavy atom. The number of carbonyl (C=O) groups is 2. The quantitative estimate of drug-likeness (QED) is 0.802. The Bertz CT molecular complexity index is 796. The zero-order valence-corrected chi connectivity index (χ0v) is 15.1. The average molecular weight is 383 g/mol. The maximum atomic E-state index is 12.1. The molecule has 0 unspecified atom stereocenters. The lowest BCUT2D eigenvalue weighted by atomic mass is 10.2. The molecule has 0 aromatic heterocycles. The van der Waals surface area contributed by atoms with E-state index in [9.17, 15) is 9.59 Å². The maximum Gasteiger partial charge on any atom is 0.251 e. The van der Waals surface area contributed by atoms with Gasteiger partial charge in [0.15, 0.2) is 0 Å². The van der Waals surface area contributed by atoms with E-state index in [2.05, 4.69) is 10.6 Å². The van der Waals surface area contributed by atoms with Crippen LogP contribution in [0.5, 0.6) is 11.5 Å². The Morgan fingerprint density at radius 2 is 1.76 bits per heavy atom. The molecular formula is C17H16Cl2N2O4.